The molecule has 0 aliphatic heterocycles. The zero-order chi connectivity index (χ0) is 55.3. The van der Waals surface area contributed by atoms with E-state index in [1.54, 1.807) is 24.3 Å². The van der Waals surface area contributed by atoms with Crippen molar-refractivity contribution in [3.63, 3.8) is 0 Å². The first kappa shape index (κ1) is 62.8. The highest BCUT2D eigenvalue weighted by molar-refractivity contribution is 5.97. The van der Waals surface area contributed by atoms with Crippen LogP contribution in [-0.4, -0.2) is 137 Å². The fraction of sp³-hybridized carbons (Fsp3) is 0.604. The van der Waals surface area contributed by atoms with E-state index in [-0.39, 0.29) is 94.6 Å². The lowest BCUT2D eigenvalue weighted by atomic mass is 9.98. The molecule has 0 unspecified atom stereocenters. The van der Waals surface area contributed by atoms with Crippen molar-refractivity contribution in [1.29, 1.82) is 0 Å². The van der Waals surface area contributed by atoms with Crippen LogP contribution in [0.25, 0.3) is 0 Å². The molecular weight excluding hydrogens is 957 g/mol. The van der Waals surface area contributed by atoms with E-state index >= 15 is 0 Å². The molecule has 0 saturated carbocycles. The molecule has 26 nitrogen and oxygen atoms in total. The number of aromatic nitrogens is 2. The molecule has 22 N–H and O–H groups in total. The summed E-state index contributed by atoms with van der Waals surface area (Å²) in [5.41, 5.74) is 41.0. The Morgan fingerprint density at radius 2 is 0.973 bits per heavy atom. The number of nitrogens with zero attached hydrogens (tertiary/aromatic N) is 3. The third-order valence-corrected chi connectivity index (χ3v) is 11.4. The number of hydrogen-bond acceptors (Lipinski definition) is 13. The molecule has 2 rings (SSSR count). The minimum atomic E-state index is -1.33. The third-order valence-electron chi connectivity index (χ3n) is 11.4. The lowest BCUT2D eigenvalue weighted by Gasteiger charge is -2.28. The molecule has 26 heteroatoms. The molecule has 0 aliphatic rings. The van der Waals surface area contributed by atoms with Gasteiger partial charge < -0.3 is 82.3 Å². The second kappa shape index (κ2) is 33.4. The molecule has 0 spiro atoms. The lowest BCUT2D eigenvalue weighted by molar-refractivity contribution is -0.136. The highest BCUT2D eigenvalue weighted by atomic mass is 16.2. The van der Waals surface area contributed by atoms with Crippen molar-refractivity contribution in [3.05, 3.63) is 54.1 Å². The van der Waals surface area contributed by atoms with Crippen LogP contribution >= 0.6 is 0 Å². The number of unbranched alkanes of at least 4 members (excludes halogenated alkanes) is 1. The van der Waals surface area contributed by atoms with Crippen LogP contribution in [0.3, 0.4) is 0 Å². The highest BCUT2D eigenvalue weighted by Crippen LogP contribution is 2.13. The topological polar surface area (TPSA) is 456 Å². The van der Waals surface area contributed by atoms with Crippen LogP contribution in [-0.2, 0) is 51.2 Å². The first-order valence-corrected chi connectivity index (χ1v) is 25.0. The van der Waals surface area contributed by atoms with Crippen molar-refractivity contribution in [2.75, 3.05) is 19.6 Å². The molecular formula is C48H82N18O8. The number of benzene rings is 1. The summed E-state index contributed by atoms with van der Waals surface area (Å²) in [6.07, 6.45) is 4.76. The predicted molar refractivity (Wildman–Crippen MR) is 280 cm³/mol. The molecule has 0 bridgehead atoms. The van der Waals surface area contributed by atoms with E-state index in [2.05, 4.69) is 57.2 Å². The number of H-pyrrole nitrogens is 1. The predicted octanol–water partition coefficient (Wildman–Crippen LogP) is -3.25. The summed E-state index contributed by atoms with van der Waals surface area (Å²) >= 11 is 0. The van der Waals surface area contributed by atoms with Gasteiger partial charge in [-0.25, -0.2) is 4.98 Å². The summed E-state index contributed by atoms with van der Waals surface area (Å²) in [7, 11) is 0. The van der Waals surface area contributed by atoms with Gasteiger partial charge in [-0.05, 0) is 88.7 Å². The zero-order valence-electron chi connectivity index (χ0n) is 43.4. The molecule has 0 radical (unpaired) electrons. The summed E-state index contributed by atoms with van der Waals surface area (Å²) in [6, 6.07) is -0.477. The molecule has 8 atom stereocenters. The summed E-state index contributed by atoms with van der Waals surface area (Å²) in [4.78, 5) is 124. The first-order valence-electron chi connectivity index (χ1n) is 25.0. The van der Waals surface area contributed by atoms with E-state index in [0.29, 0.717) is 25.1 Å². The largest absolute Gasteiger partial charge is 0.370 e. The summed E-state index contributed by atoms with van der Waals surface area (Å²) < 4.78 is 0. The maximum Gasteiger partial charge on any atom is 0.243 e. The van der Waals surface area contributed by atoms with Crippen LogP contribution in [0.5, 0.6) is 0 Å². The quantitative estimate of drug-likeness (QED) is 0.0183. The summed E-state index contributed by atoms with van der Waals surface area (Å²) in [5, 5.41) is 18.9. The molecule has 1 aromatic carbocycles. The van der Waals surface area contributed by atoms with Gasteiger partial charge in [0.1, 0.15) is 42.3 Å². The number of aliphatic imine (C=N–C) groups is 2. The van der Waals surface area contributed by atoms with Gasteiger partial charge in [-0.15, -0.1) is 0 Å². The molecule has 8 amide bonds. The average Bonchev–Trinajstić information content (AvgIpc) is 3.85. The van der Waals surface area contributed by atoms with Crippen LogP contribution in [0, 0.1) is 11.8 Å². The number of hydrogen-bond donors (Lipinski definition) is 15. The summed E-state index contributed by atoms with van der Waals surface area (Å²) in [6.45, 7) is 9.23. The monoisotopic (exact) mass is 1040 g/mol. The highest BCUT2D eigenvalue weighted by Gasteiger charge is 2.34. The van der Waals surface area contributed by atoms with Crippen molar-refractivity contribution in [3.8, 4) is 0 Å². The fourth-order valence-corrected chi connectivity index (χ4v) is 7.55. The summed E-state index contributed by atoms with van der Waals surface area (Å²) in [5.74, 6) is -6.43. The average molecular weight is 1040 g/mol. The van der Waals surface area contributed by atoms with E-state index in [0.717, 1.165) is 5.56 Å². The smallest absolute Gasteiger partial charge is 0.243 e. The van der Waals surface area contributed by atoms with Gasteiger partial charge in [0.05, 0.1) is 12.4 Å². The van der Waals surface area contributed by atoms with Crippen LogP contribution in [0.15, 0.2) is 52.8 Å². The number of nitrogens with two attached hydrogens (primary N) is 7. The van der Waals surface area contributed by atoms with Crippen LogP contribution in [0.1, 0.15) is 104 Å². The number of imidazole rings is 1. The van der Waals surface area contributed by atoms with Gasteiger partial charge in [0.15, 0.2) is 11.9 Å². The van der Waals surface area contributed by atoms with Gasteiger partial charge in [-0.3, -0.25) is 48.3 Å². The number of primary amides is 1. The van der Waals surface area contributed by atoms with Gasteiger partial charge in [0.25, 0.3) is 0 Å². The molecule has 1 aromatic heterocycles. The number of guanidine groups is 2. The molecule has 0 saturated heterocycles. The van der Waals surface area contributed by atoms with Gasteiger partial charge in [-0.1, -0.05) is 58.0 Å². The van der Waals surface area contributed by atoms with Crippen molar-refractivity contribution in [2.45, 2.75) is 154 Å². The Morgan fingerprint density at radius 3 is 1.39 bits per heavy atom. The van der Waals surface area contributed by atoms with Gasteiger partial charge in [0, 0.05) is 37.8 Å². The number of carbonyl (C=O) groups is 8. The first-order chi connectivity index (χ1) is 35.0. The van der Waals surface area contributed by atoms with Crippen LogP contribution in [0.4, 0.5) is 0 Å². The Hall–Kier alpha value is -7.35. The second-order valence-electron chi connectivity index (χ2n) is 19.0. The molecule has 0 aliphatic carbocycles. The number of amides is 8. The molecule has 0 fully saturated rings. The van der Waals surface area contributed by atoms with Crippen molar-refractivity contribution >= 4 is 59.2 Å². The van der Waals surface area contributed by atoms with E-state index in [4.69, 9.17) is 40.1 Å². The standard InChI is InChI=1S/C48H82N18O8/c1-27(2)21-37(45(73)64-36(39(51)67)23-30-13-7-6-8-14-30)66-46(74)38(22-28(3)4)65-44(72)35(17-12-20-58-48(54)55)63-43(71)34(16-11-19-57-47(52)53)62-42(70)33(15-9-10-18-49)61-40(68)29(5)60-41(69)32(50)24-31-25-56-26-59-31/h6-8,13-14,25-29,32-38H,9-12,15-24,49-50H2,1-5H3,(H2,51,67)(H,56,59)(H,60,69)(H,61,68)(H,62,70)(H,63,71)(H,64,73)(H,65,72)(H,66,74)(H4,52,53,57)(H4,54,55,58)/t29-,32-,33-,34-,35-,36-,37-,38-/m0/s1. The van der Waals surface area contributed by atoms with Crippen molar-refractivity contribution in [2.24, 2.45) is 62.0 Å². The molecule has 74 heavy (non-hydrogen) atoms. The van der Waals surface area contributed by atoms with Crippen LogP contribution in [0.2, 0.25) is 0 Å². The molecule has 412 valence electrons. The van der Waals surface area contributed by atoms with E-state index in [9.17, 15) is 38.4 Å². The Kier molecular flexibility index (Phi) is 28.3. The second-order valence-corrected chi connectivity index (χ2v) is 19.0. The normalized spacial score (nSPS) is 14.3. The lowest BCUT2D eigenvalue weighted by Crippen LogP contribution is -2.60. The Labute approximate surface area is 432 Å². The van der Waals surface area contributed by atoms with Gasteiger partial charge in [0.2, 0.25) is 47.3 Å². The maximum atomic E-state index is 14.4. The van der Waals surface area contributed by atoms with Gasteiger partial charge >= 0.3 is 0 Å². The van der Waals surface area contributed by atoms with Crippen molar-refractivity contribution < 1.29 is 38.4 Å². The van der Waals surface area contributed by atoms with E-state index < -0.39 is 95.6 Å². The third kappa shape index (κ3) is 24.9. The maximum absolute atomic E-state index is 14.4. The SMILES string of the molecule is CC(C)C[C@H](NC(=O)[C@H](CC(C)C)NC(=O)[C@H](CCCN=C(N)N)NC(=O)[C@H](CCCN=C(N)N)NC(=O)[C@H](CCCCN)NC(=O)[C@H](C)NC(=O)[C@@H](N)Cc1cnc[nH]1)C(=O)N[C@@H](Cc1ccccc1)C(N)=O. The minimum absolute atomic E-state index is 0.0412. The number of nitrogens with one attached hydrogen (secondary N) is 8. The molecule has 1 heterocycles. The Bertz CT molecular complexity index is 2150. The van der Waals surface area contributed by atoms with E-state index in [1.165, 1.54) is 19.4 Å². The van der Waals surface area contributed by atoms with Crippen LogP contribution < -0.4 is 77.4 Å². The minimum Gasteiger partial charge on any atom is -0.370 e. The zero-order valence-corrected chi connectivity index (χ0v) is 43.4. The van der Waals surface area contributed by atoms with E-state index in [1.807, 2.05) is 33.8 Å². The number of aromatic amines is 1. The fourth-order valence-electron chi connectivity index (χ4n) is 7.55. The Balaban J connectivity index is 2.42. The molecule has 2 aromatic rings. The van der Waals surface area contributed by atoms with Crippen molar-refractivity contribution in [1.82, 2.24) is 47.2 Å². The Morgan fingerprint density at radius 1 is 0.541 bits per heavy atom. The van der Waals surface area contributed by atoms with Gasteiger partial charge in [-0.2, -0.15) is 0 Å². The number of rotatable bonds is 35. The number of carbonyl (C=O) groups excluding carboxylic acids is 8.